The van der Waals surface area contributed by atoms with Gasteiger partial charge < -0.3 is 14.6 Å². The number of thioether (sulfide) groups is 1. The van der Waals surface area contributed by atoms with Crippen LogP contribution in [0, 0.1) is 0 Å². The van der Waals surface area contributed by atoms with Gasteiger partial charge in [0, 0.05) is 20.2 Å². The fourth-order valence-corrected chi connectivity index (χ4v) is 3.53. The first-order chi connectivity index (χ1) is 11.6. The summed E-state index contributed by atoms with van der Waals surface area (Å²) in [7, 11) is 5.17. The van der Waals surface area contributed by atoms with Crippen molar-refractivity contribution in [1.82, 2.24) is 14.9 Å². The molecule has 124 valence electrons. The van der Waals surface area contributed by atoms with E-state index in [4.69, 9.17) is 4.74 Å². The van der Waals surface area contributed by atoms with Gasteiger partial charge in [-0.2, -0.15) is 0 Å². The first-order valence-electron chi connectivity index (χ1n) is 7.55. The number of imidazole rings is 1. The molecule has 6 heteroatoms. The predicted molar refractivity (Wildman–Crippen MR) is 96.4 cm³/mol. The van der Waals surface area contributed by atoms with Gasteiger partial charge in [0.15, 0.2) is 5.16 Å². The maximum absolute atomic E-state index is 12.6. The molecule has 1 heterocycles. The molecule has 0 radical (unpaired) electrons. The second kappa shape index (κ2) is 6.97. The number of carbonyl (C=O) groups excluding carboxylic acids is 1. The average molecular weight is 341 g/mol. The third-order valence-corrected chi connectivity index (χ3v) is 4.79. The highest BCUT2D eigenvalue weighted by atomic mass is 32.2. The van der Waals surface area contributed by atoms with Crippen molar-refractivity contribution >= 4 is 28.7 Å². The minimum atomic E-state index is -0.344. The molecule has 3 aromatic rings. The molecule has 1 amide bonds. The number of nitrogens with one attached hydrogen (secondary N) is 1. The van der Waals surface area contributed by atoms with E-state index in [0.29, 0.717) is 5.16 Å². The van der Waals surface area contributed by atoms with Crippen LogP contribution in [0.3, 0.4) is 0 Å². The Morgan fingerprint density at radius 3 is 2.62 bits per heavy atom. The summed E-state index contributed by atoms with van der Waals surface area (Å²) in [6, 6.07) is 15.4. The van der Waals surface area contributed by atoms with Gasteiger partial charge in [-0.1, -0.05) is 42.1 Å². The number of likely N-dealkylation sites (N-methyl/N-ethyl adjacent to an activating group) is 1. The normalized spacial score (nSPS) is 12.1. The number of ether oxygens (including phenoxy) is 1. The Morgan fingerprint density at radius 1 is 1.21 bits per heavy atom. The van der Waals surface area contributed by atoms with Crippen molar-refractivity contribution in [3.05, 3.63) is 54.1 Å². The molecule has 0 bridgehead atoms. The number of nitrogens with zero attached hydrogens (tertiary/aromatic N) is 2. The molecule has 3 rings (SSSR count). The molecule has 0 aliphatic carbocycles. The number of methoxy groups -OCH3 is 1. The van der Waals surface area contributed by atoms with Gasteiger partial charge in [0.1, 0.15) is 11.0 Å². The van der Waals surface area contributed by atoms with E-state index in [0.717, 1.165) is 22.3 Å². The van der Waals surface area contributed by atoms with Crippen molar-refractivity contribution in [1.29, 1.82) is 0 Å². The quantitative estimate of drug-likeness (QED) is 0.722. The van der Waals surface area contributed by atoms with E-state index >= 15 is 0 Å². The molecule has 0 spiro atoms. The SMILES string of the molecule is COc1ccc2nc(SC(C(=O)N(C)C)c3ccccc3)[nH]c2c1. The van der Waals surface area contributed by atoms with Gasteiger partial charge in [-0.3, -0.25) is 4.79 Å². The molecule has 0 fully saturated rings. The van der Waals surface area contributed by atoms with E-state index in [1.807, 2.05) is 48.5 Å². The van der Waals surface area contributed by atoms with Crippen LogP contribution in [0.5, 0.6) is 5.75 Å². The first kappa shape index (κ1) is 16.4. The molecule has 0 aliphatic heterocycles. The molecule has 5 nitrogen and oxygen atoms in total. The van der Waals surface area contributed by atoms with Crippen LogP contribution in [0.2, 0.25) is 0 Å². The van der Waals surface area contributed by atoms with Crippen LogP contribution in [0.25, 0.3) is 11.0 Å². The van der Waals surface area contributed by atoms with Crippen molar-refractivity contribution in [2.45, 2.75) is 10.4 Å². The van der Waals surface area contributed by atoms with E-state index < -0.39 is 0 Å². The number of aromatic amines is 1. The fraction of sp³-hybridized carbons (Fsp3) is 0.222. The minimum Gasteiger partial charge on any atom is -0.497 e. The average Bonchev–Trinajstić information content (AvgIpc) is 3.01. The summed E-state index contributed by atoms with van der Waals surface area (Å²) < 4.78 is 5.24. The molecule has 24 heavy (non-hydrogen) atoms. The Balaban J connectivity index is 1.94. The molecular weight excluding hydrogens is 322 g/mol. The van der Waals surface area contributed by atoms with Crippen LogP contribution < -0.4 is 4.74 Å². The van der Waals surface area contributed by atoms with E-state index in [1.165, 1.54) is 11.8 Å². The van der Waals surface area contributed by atoms with Gasteiger partial charge in [-0.15, -0.1) is 0 Å². The highest BCUT2D eigenvalue weighted by molar-refractivity contribution is 8.00. The van der Waals surface area contributed by atoms with E-state index in [2.05, 4.69) is 9.97 Å². The Labute approximate surface area is 145 Å². The number of fused-ring (bicyclic) bond motifs is 1. The highest BCUT2D eigenvalue weighted by Crippen LogP contribution is 2.36. The van der Waals surface area contributed by atoms with E-state index in [1.54, 1.807) is 26.1 Å². The summed E-state index contributed by atoms with van der Waals surface area (Å²) >= 11 is 1.42. The van der Waals surface area contributed by atoms with Gasteiger partial charge in [0.2, 0.25) is 5.91 Å². The molecule has 1 atom stereocenters. The van der Waals surface area contributed by atoms with Crippen LogP contribution in [-0.4, -0.2) is 42.0 Å². The number of benzene rings is 2. The lowest BCUT2D eigenvalue weighted by atomic mass is 10.1. The standard InChI is InChI=1S/C18H19N3O2S/c1-21(2)17(22)16(12-7-5-4-6-8-12)24-18-19-14-10-9-13(23-3)11-15(14)20-18/h4-11,16H,1-3H3,(H,19,20). The van der Waals surface area contributed by atoms with Gasteiger partial charge >= 0.3 is 0 Å². The first-order valence-corrected chi connectivity index (χ1v) is 8.43. The number of rotatable bonds is 5. The number of hydrogen-bond acceptors (Lipinski definition) is 4. The number of aromatic nitrogens is 2. The number of hydrogen-bond donors (Lipinski definition) is 1. The maximum atomic E-state index is 12.6. The predicted octanol–water partition coefficient (Wildman–Crippen LogP) is 3.49. The van der Waals surface area contributed by atoms with Crippen LogP contribution in [0.15, 0.2) is 53.7 Å². The maximum Gasteiger partial charge on any atom is 0.240 e. The lowest BCUT2D eigenvalue weighted by Crippen LogP contribution is -2.26. The van der Waals surface area contributed by atoms with Crippen molar-refractivity contribution in [2.24, 2.45) is 0 Å². The van der Waals surface area contributed by atoms with Gasteiger partial charge in [0.25, 0.3) is 0 Å². The lowest BCUT2D eigenvalue weighted by Gasteiger charge is -2.19. The Kier molecular flexibility index (Phi) is 4.76. The van der Waals surface area contributed by atoms with Gasteiger partial charge in [0.05, 0.1) is 18.1 Å². The van der Waals surface area contributed by atoms with Gasteiger partial charge in [-0.05, 0) is 17.7 Å². The minimum absolute atomic E-state index is 0.0317. The second-order valence-corrected chi connectivity index (χ2v) is 6.66. The van der Waals surface area contributed by atoms with Crippen molar-refractivity contribution in [2.75, 3.05) is 21.2 Å². The molecule has 1 unspecified atom stereocenters. The number of H-pyrrole nitrogens is 1. The van der Waals surface area contributed by atoms with E-state index in [9.17, 15) is 4.79 Å². The summed E-state index contributed by atoms with van der Waals surface area (Å²) in [5.74, 6) is 0.802. The molecule has 1 aromatic heterocycles. The fourth-order valence-electron chi connectivity index (χ4n) is 2.38. The van der Waals surface area contributed by atoms with Crippen molar-refractivity contribution < 1.29 is 9.53 Å². The lowest BCUT2D eigenvalue weighted by molar-refractivity contribution is -0.128. The third kappa shape index (κ3) is 3.38. The Bertz CT molecular complexity index is 846. The Hall–Kier alpha value is -2.47. The van der Waals surface area contributed by atoms with Crippen LogP contribution in [-0.2, 0) is 4.79 Å². The molecular formula is C18H19N3O2S. The third-order valence-electron chi connectivity index (χ3n) is 3.66. The summed E-state index contributed by atoms with van der Waals surface area (Å²) in [6.45, 7) is 0. The molecule has 0 saturated heterocycles. The van der Waals surface area contributed by atoms with Gasteiger partial charge in [-0.25, -0.2) is 4.98 Å². The highest BCUT2D eigenvalue weighted by Gasteiger charge is 2.25. The zero-order valence-corrected chi connectivity index (χ0v) is 14.6. The summed E-state index contributed by atoms with van der Waals surface area (Å²) in [6.07, 6.45) is 0. The number of carbonyl (C=O) groups is 1. The smallest absolute Gasteiger partial charge is 0.240 e. The summed E-state index contributed by atoms with van der Waals surface area (Å²) in [5.41, 5.74) is 2.70. The van der Waals surface area contributed by atoms with E-state index in [-0.39, 0.29) is 11.2 Å². The molecule has 0 aliphatic rings. The van der Waals surface area contributed by atoms with Crippen LogP contribution >= 0.6 is 11.8 Å². The van der Waals surface area contributed by atoms with Crippen molar-refractivity contribution in [3.63, 3.8) is 0 Å². The zero-order valence-electron chi connectivity index (χ0n) is 13.8. The Morgan fingerprint density at radius 2 is 1.96 bits per heavy atom. The number of amides is 1. The second-order valence-electron chi connectivity index (χ2n) is 5.57. The molecule has 2 aromatic carbocycles. The van der Waals surface area contributed by atoms with Crippen LogP contribution in [0.4, 0.5) is 0 Å². The topological polar surface area (TPSA) is 58.2 Å². The zero-order chi connectivity index (χ0) is 17.1. The summed E-state index contributed by atoms with van der Waals surface area (Å²) in [4.78, 5) is 22.1. The van der Waals surface area contributed by atoms with Crippen molar-refractivity contribution in [3.8, 4) is 5.75 Å². The monoisotopic (exact) mass is 341 g/mol. The summed E-state index contributed by atoms with van der Waals surface area (Å²) in [5, 5.41) is 0.367. The molecule has 1 N–H and O–H groups in total. The van der Waals surface area contributed by atoms with Crippen LogP contribution in [0.1, 0.15) is 10.8 Å². The molecule has 0 saturated carbocycles. The largest absolute Gasteiger partial charge is 0.497 e.